The summed E-state index contributed by atoms with van der Waals surface area (Å²) in [5.74, 6) is 0.139. The first kappa shape index (κ1) is 13.8. The van der Waals surface area contributed by atoms with E-state index in [1.807, 2.05) is 48.5 Å². The van der Waals surface area contributed by atoms with Gasteiger partial charge in [0.2, 0.25) is 0 Å². The predicted octanol–water partition coefficient (Wildman–Crippen LogP) is 3.45. The number of ether oxygens (including phenoxy) is 1. The number of nitrogens with one attached hydrogen (secondary N) is 1. The quantitative estimate of drug-likeness (QED) is 0.933. The van der Waals surface area contributed by atoms with E-state index in [2.05, 4.69) is 17.4 Å². The number of rotatable bonds is 4. The van der Waals surface area contributed by atoms with Gasteiger partial charge in [-0.1, -0.05) is 48.5 Å². The molecule has 1 heterocycles. The number of benzene rings is 2. The van der Waals surface area contributed by atoms with Gasteiger partial charge in [0.25, 0.3) is 0 Å². The number of carbonyl (C=O) groups is 1. The molecule has 3 rings (SSSR count). The van der Waals surface area contributed by atoms with Gasteiger partial charge >= 0.3 is 0 Å². The molecule has 0 aliphatic carbocycles. The van der Waals surface area contributed by atoms with Crippen LogP contribution in [-0.2, 0) is 9.53 Å². The fraction of sp³-hybridized carbons (Fsp3) is 0.278. The minimum Gasteiger partial charge on any atom is -0.380 e. The third-order valence-electron chi connectivity index (χ3n) is 3.86. The molecule has 2 atom stereocenters. The summed E-state index contributed by atoms with van der Waals surface area (Å²) in [5, 5.41) is 3.49. The molecule has 108 valence electrons. The molecule has 0 bridgehead atoms. The summed E-state index contributed by atoms with van der Waals surface area (Å²) in [5.41, 5.74) is 2.13. The maximum Gasteiger partial charge on any atom is 0.142 e. The Labute approximate surface area is 124 Å². The Hall–Kier alpha value is -2.13. The Balaban J connectivity index is 1.89. The molecule has 0 radical (unpaired) electrons. The van der Waals surface area contributed by atoms with Crippen molar-refractivity contribution in [3.63, 3.8) is 0 Å². The van der Waals surface area contributed by atoms with Crippen molar-refractivity contribution < 1.29 is 9.53 Å². The van der Waals surface area contributed by atoms with Crippen LogP contribution in [-0.4, -0.2) is 19.0 Å². The molecular formula is C18H19NO2. The standard InChI is InChI=1S/C18H19NO2/c20-17-11-12-21-13-16(17)18(14-7-3-1-4-8-14)19-15-9-5-2-6-10-15/h1-10,16,18-19H,11-13H2. The van der Waals surface area contributed by atoms with Crippen LogP contribution in [0.15, 0.2) is 60.7 Å². The molecule has 0 spiro atoms. The lowest BCUT2D eigenvalue weighted by atomic mass is 9.87. The van der Waals surface area contributed by atoms with Crippen LogP contribution >= 0.6 is 0 Å². The maximum absolute atomic E-state index is 12.3. The van der Waals surface area contributed by atoms with Crippen molar-refractivity contribution in [2.24, 2.45) is 5.92 Å². The summed E-state index contributed by atoms with van der Waals surface area (Å²) in [6, 6.07) is 20.1. The third-order valence-corrected chi connectivity index (χ3v) is 3.86. The molecule has 3 heteroatoms. The zero-order valence-corrected chi connectivity index (χ0v) is 11.9. The van der Waals surface area contributed by atoms with E-state index in [0.29, 0.717) is 19.6 Å². The lowest BCUT2D eigenvalue weighted by Crippen LogP contribution is -2.35. The van der Waals surface area contributed by atoms with Crippen molar-refractivity contribution in [3.8, 4) is 0 Å². The normalized spacial score (nSPS) is 20.0. The second kappa shape index (κ2) is 6.55. The Kier molecular flexibility index (Phi) is 4.31. The van der Waals surface area contributed by atoms with Gasteiger partial charge in [0.1, 0.15) is 5.78 Å². The number of hydrogen-bond donors (Lipinski definition) is 1. The van der Waals surface area contributed by atoms with Gasteiger partial charge < -0.3 is 10.1 Å². The molecule has 3 nitrogen and oxygen atoms in total. The molecule has 1 N–H and O–H groups in total. The molecule has 0 saturated carbocycles. The fourth-order valence-corrected chi connectivity index (χ4v) is 2.73. The number of hydrogen-bond acceptors (Lipinski definition) is 3. The highest BCUT2D eigenvalue weighted by atomic mass is 16.5. The summed E-state index contributed by atoms with van der Waals surface area (Å²) in [7, 11) is 0. The third kappa shape index (κ3) is 3.31. The van der Waals surface area contributed by atoms with Gasteiger partial charge in [0.05, 0.1) is 25.2 Å². The number of carbonyl (C=O) groups excluding carboxylic acids is 1. The lowest BCUT2D eigenvalue weighted by Gasteiger charge is -2.31. The van der Waals surface area contributed by atoms with Gasteiger partial charge in [-0.15, -0.1) is 0 Å². The summed E-state index contributed by atoms with van der Waals surface area (Å²) < 4.78 is 5.53. The minimum atomic E-state index is -0.138. The maximum atomic E-state index is 12.3. The van der Waals surface area contributed by atoms with E-state index in [0.717, 1.165) is 11.3 Å². The predicted molar refractivity (Wildman–Crippen MR) is 83.2 cm³/mol. The van der Waals surface area contributed by atoms with Crippen LogP contribution in [0, 0.1) is 5.92 Å². The first-order valence-electron chi connectivity index (χ1n) is 7.31. The molecule has 1 fully saturated rings. The van der Waals surface area contributed by atoms with E-state index < -0.39 is 0 Å². The largest absolute Gasteiger partial charge is 0.380 e. The van der Waals surface area contributed by atoms with Crippen LogP contribution < -0.4 is 5.32 Å². The van der Waals surface area contributed by atoms with Gasteiger partial charge in [0, 0.05) is 12.1 Å². The first-order valence-corrected chi connectivity index (χ1v) is 7.31. The van der Waals surface area contributed by atoms with Crippen molar-refractivity contribution in [1.82, 2.24) is 0 Å². The van der Waals surface area contributed by atoms with Crippen LogP contribution in [0.1, 0.15) is 18.0 Å². The lowest BCUT2D eigenvalue weighted by molar-refractivity contribution is -0.131. The van der Waals surface area contributed by atoms with Crippen LogP contribution in [0.3, 0.4) is 0 Å². The van der Waals surface area contributed by atoms with E-state index in [4.69, 9.17) is 4.74 Å². The van der Waals surface area contributed by atoms with Crippen molar-refractivity contribution in [2.45, 2.75) is 12.5 Å². The molecular weight excluding hydrogens is 262 g/mol. The molecule has 1 saturated heterocycles. The summed E-state index contributed by atoms with van der Waals surface area (Å²) in [6.45, 7) is 1.03. The van der Waals surface area contributed by atoms with Crippen molar-refractivity contribution in [2.75, 3.05) is 18.5 Å². The summed E-state index contributed by atoms with van der Waals surface area (Å²) in [4.78, 5) is 12.3. The highest BCUT2D eigenvalue weighted by Gasteiger charge is 2.32. The van der Waals surface area contributed by atoms with Gasteiger partial charge in [-0.2, -0.15) is 0 Å². The zero-order valence-electron chi connectivity index (χ0n) is 11.9. The van der Waals surface area contributed by atoms with Crippen LogP contribution in [0.4, 0.5) is 5.69 Å². The summed E-state index contributed by atoms with van der Waals surface area (Å²) in [6.07, 6.45) is 0.504. The van der Waals surface area contributed by atoms with E-state index in [9.17, 15) is 4.79 Å². The fourth-order valence-electron chi connectivity index (χ4n) is 2.73. The molecule has 2 aromatic carbocycles. The van der Waals surface area contributed by atoms with E-state index in [-0.39, 0.29) is 17.7 Å². The highest BCUT2D eigenvalue weighted by Crippen LogP contribution is 2.30. The number of para-hydroxylation sites is 1. The molecule has 21 heavy (non-hydrogen) atoms. The monoisotopic (exact) mass is 281 g/mol. The average Bonchev–Trinajstić information content (AvgIpc) is 2.55. The summed E-state index contributed by atoms with van der Waals surface area (Å²) >= 11 is 0. The Morgan fingerprint density at radius 2 is 1.67 bits per heavy atom. The minimum absolute atomic E-state index is 0.0543. The van der Waals surface area contributed by atoms with Crippen LogP contribution in [0.5, 0.6) is 0 Å². The number of anilines is 1. The first-order chi connectivity index (χ1) is 10.3. The SMILES string of the molecule is O=C1CCOCC1C(Nc1ccccc1)c1ccccc1. The van der Waals surface area contributed by atoms with Crippen LogP contribution in [0.25, 0.3) is 0 Å². The van der Waals surface area contributed by atoms with E-state index >= 15 is 0 Å². The Bertz CT molecular complexity index is 583. The topological polar surface area (TPSA) is 38.3 Å². The molecule has 1 aliphatic heterocycles. The molecule has 1 aliphatic rings. The smallest absolute Gasteiger partial charge is 0.142 e. The van der Waals surface area contributed by atoms with Crippen molar-refractivity contribution in [3.05, 3.63) is 66.2 Å². The second-order valence-corrected chi connectivity index (χ2v) is 5.30. The zero-order chi connectivity index (χ0) is 14.5. The van der Waals surface area contributed by atoms with Crippen molar-refractivity contribution >= 4 is 11.5 Å². The van der Waals surface area contributed by atoms with Gasteiger partial charge in [-0.3, -0.25) is 4.79 Å². The van der Waals surface area contributed by atoms with Crippen molar-refractivity contribution in [1.29, 1.82) is 0 Å². The van der Waals surface area contributed by atoms with E-state index in [1.54, 1.807) is 0 Å². The van der Waals surface area contributed by atoms with Gasteiger partial charge in [0.15, 0.2) is 0 Å². The number of ketones is 1. The Morgan fingerprint density at radius 3 is 2.33 bits per heavy atom. The van der Waals surface area contributed by atoms with Gasteiger partial charge in [-0.25, -0.2) is 0 Å². The molecule has 0 amide bonds. The molecule has 0 aromatic heterocycles. The number of Topliss-reactive ketones (excluding diaryl/α,β-unsaturated/α-hetero) is 1. The average molecular weight is 281 g/mol. The second-order valence-electron chi connectivity index (χ2n) is 5.30. The van der Waals surface area contributed by atoms with Gasteiger partial charge in [-0.05, 0) is 17.7 Å². The van der Waals surface area contributed by atoms with E-state index in [1.165, 1.54) is 0 Å². The molecule has 2 aromatic rings. The molecule has 2 unspecified atom stereocenters. The Morgan fingerprint density at radius 1 is 1.00 bits per heavy atom. The van der Waals surface area contributed by atoms with Crippen LogP contribution in [0.2, 0.25) is 0 Å². The highest BCUT2D eigenvalue weighted by molar-refractivity contribution is 5.83.